The number of rotatable bonds is 8. The molecule has 0 N–H and O–H groups in total. The maximum Gasteiger partial charge on any atom is 0.304 e. The van der Waals surface area contributed by atoms with Crippen LogP contribution < -0.4 is 0 Å². The lowest BCUT2D eigenvalue weighted by molar-refractivity contribution is -0.174. The van der Waals surface area contributed by atoms with E-state index in [1.54, 1.807) is 6.92 Å². The van der Waals surface area contributed by atoms with Crippen LogP contribution in [0.5, 0.6) is 0 Å². The summed E-state index contributed by atoms with van der Waals surface area (Å²) in [5.74, 6) is -0.329. The fourth-order valence-corrected chi connectivity index (χ4v) is 0.889. The molecule has 14 heavy (non-hydrogen) atoms. The zero-order valence-corrected chi connectivity index (χ0v) is 9.25. The Morgan fingerprint density at radius 3 is 2.57 bits per heavy atom. The van der Waals surface area contributed by atoms with Crippen molar-refractivity contribution in [2.75, 3.05) is 19.8 Å². The van der Waals surface area contributed by atoms with Gasteiger partial charge in [-0.1, -0.05) is 13.3 Å². The highest BCUT2D eigenvalue weighted by Crippen LogP contribution is 1.94. The van der Waals surface area contributed by atoms with Crippen molar-refractivity contribution in [1.82, 2.24) is 0 Å². The van der Waals surface area contributed by atoms with Gasteiger partial charge in [-0.05, 0) is 13.3 Å². The first-order chi connectivity index (χ1) is 6.66. The lowest BCUT2D eigenvalue weighted by Gasteiger charge is -2.12. The molecule has 0 aromatic carbocycles. The largest absolute Gasteiger partial charge is 0.436 e. The van der Waals surface area contributed by atoms with Gasteiger partial charge < -0.3 is 14.2 Å². The highest BCUT2D eigenvalue weighted by molar-refractivity contribution is 5.65. The van der Waals surface area contributed by atoms with E-state index < -0.39 is 6.29 Å². The third kappa shape index (κ3) is 9.48. The summed E-state index contributed by atoms with van der Waals surface area (Å²) in [6.07, 6.45) is 1.71. The van der Waals surface area contributed by atoms with Gasteiger partial charge >= 0.3 is 5.97 Å². The molecule has 0 fully saturated rings. The van der Waals surface area contributed by atoms with Crippen LogP contribution in [0, 0.1) is 0 Å². The Morgan fingerprint density at radius 1 is 1.29 bits per heavy atom. The summed E-state index contributed by atoms with van der Waals surface area (Å²) in [5, 5.41) is 0. The van der Waals surface area contributed by atoms with Gasteiger partial charge in [-0.25, -0.2) is 0 Å². The first kappa shape index (κ1) is 13.4. The predicted molar refractivity (Wildman–Crippen MR) is 52.9 cm³/mol. The van der Waals surface area contributed by atoms with Gasteiger partial charge in [0, 0.05) is 13.5 Å². The topological polar surface area (TPSA) is 44.8 Å². The van der Waals surface area contributed by atoms with Crippen molar-refractivity contribution in [1.29, 1.82) is 0 Å². The van der Waals surface area contributed by atoms with Crippen LogP contribution >= 0.6 is 0 Å². The van der Waals surface area contributed by atoms with E-state index in [1.165, 1.54) is 6.92 Å². The zero-order chi connectivity index (χ0) is 10.8. The van der Waals surface area contributed by atoms with Crippen LogP contribution in [0.4, 0.5) is 0 Å². The minimum Gasteiger partial charge on any atom is -0.436 e. The molecule has 0 spiro atoms. The summed E-state index contributed by atoms with van der Waals surface area (Å²) in [6.45, 7) is 6.93. The molecule has 0 saturated carbocycles. The monoisotopic (exact) mass is 204 g/mol. The molecule has 84 valence electrons. The number of hydrogen-bond acceptors (Lipinski definition) is 4. The fourth-order valence-electron chi connectivity index (χ4n) is 0.889. The molecule has 1 unspecified atom stereocenters. The SMILES string of the molecule is CCCCOCCOC(C)OC(C)=O. The van der Waals surface area contributed by atoms with E-state index in [9.17, 15) is 4.79 Å². The minimum atomic E-state index is -0.484. The van der Waals surface area contributed by atoms with Crippen LogP contribution in [0.3, 0.4) is 0 Å². The molecule has 0 radical (unpaired) electrons. The van der Waals surface area contributed by atoms with Gasteiger partial charge in [-0.3, -0.25) is 4.79 Å². The van der Waals surface area contributed by atoms with Crippen LogP contribution in [-0.4, -0.2) is 32.1 Å². The van der Waals surface area contributed by atoms with Gasteiger partial charge in [0.1, 0.15) is 0 Å². The highest BCUT2D eigenvalue weighted by atomic mass is 16.7. The first-order valence-corrected chi connectivity index (χ1v) is 5.03. The van der Waals surface area contributed by atoms with Crippen molar-refractivity contribution in [3.8, 4) is 0 Å². The van der Waals surface area contributed by atoms with Crippen LogP contribution in [0.2, 0.25) is 0 Å². The van der Waals surface area contributed by atoms with Gasteiger partial charge in [0.2, 0.25) is 0 Å². The predicted octanol–water partition coefficient (Wildman–Crippen LogP) is 1.73. The Labute approximate surface area is 85.5 Å². The standard InChI is InChI=1S/C10H20O4/c1-4-5-6-12-7-8-13-10(3)14-9(2)11/h10H,4-8H2,1-3H3. The zero-order valence-electron chi connectivity index (χ0n) is 9.25. The van der Waals surface area contributed by atoms with Crippen LogP contribution in [0.25, 0.3) is 0 Å². The van der Waals surface area contributed by atoms with Crippen molar-refractivity contribution in [2.45, 2.75) is 39.9 Å². The Kier molecular flexibility index (Phi) is 8.57. The molecule has 0 bridgehead atoms. The van der Waals surface area contributed by atoms with Gasteiger partial charge in [-0.15, -0.1) is 0 Å². The van der Waals surface area contributed by atoms with Crippen LogP contribution in [0.15, 0.2) is 0 Å². The number of hydrogen-bond donors (Lipinski definition) is 0. The first-order valence-electron chi connectivity index (χ1n) is 5.03. The molecule has 0 aromatic rings. The maximum atomic E-state index is 10.5. The lowest BCUT2D eigenvalue weighted by atomic mass is 10.4. The Bertz CT molecular complexity index is 147. The molecule has 1 atom stereocenters. The summed E-state index contributed by atoms with van der Waals surface area (Å²) in [4.78, 5) is 10.5. The average Bonchev–Trinajstić information content (AvgIpc) is 2.10. The maximum absolute atomic E-state index is 10.5. The number of esters is 1. The molecular formula is C10H20O4. The third-order valence-electron chi connectivity index (χ3n) is 1.55. The Balaban J connectivity index is 3.14. The van der Waals surface area contributed by atoms with Crippen LogP contribution in [0.1, 0.15) is 33.6 Å². The number of carbonyl (C=O) groups excluding carboxylic acids is 1. The quantitative estimate of drug-likeness (QED) is 0.343. The third-order valence-corrected chi connectivity index (χ3v) is 1.55. The molecule has 0 heterocycles. The summed E-state index contributed by atoms with van der Waals surface area (Å²) in [5.41, 5.74) is 0. The molecule has 0 saturated heterocycles. The Hall–Kier alpha value is -0.610. The van der Waals surface area contributed by atoms with E-state index >= 15 is 0 Å². The van der Waals surface area contributed by atoms with Crippen molar-refractivity contribution in [3.05, 3.63) is 0 Å². The summed E-state index contributed by atoms with van der Waals surface area (Å²) in [7, 11) is 0. The highest BCUT2D eigenvalue weighted by Gasteiger charge is 2.03. The van der Waals surface area contributed by atoms with E-state index in [0.29, 0.717) is 13.2 Å². The number of ether oxygens (including phenoxy) is 3. The van der Waals surface area contributed by atoms with Gasteiger partial charge in [0.05, 0.1) is 13.2 Å². The van der Waals surface area contributed by atoms with E-state index in [-0.39, 0.29) is 5.97 Å². The molecule has 4 heteroatoms. The fraction of sp³-hybridized carbons (Fsp3) is 0.900. The van der Waals surface area contributed by atoms with E-state index in [2.05, 4.69) is 6.92 Å². The molecule has 0 aliphatic carbocycles. The molecule has 0 aliphatic heterocycles. The van der Waals surface area contributed by atoms with Gasteiger partial charge in [0.15, 0.2) is 6.29 Å². The van der Waals surface area contributed by atoms with Gasteiger partial charge in [0.25, 0.3) is 0 Å². The van der Waals surface area contributed by atoms with Gasteiger partial charge in [-0.2, -0.15) is 0 Å². The smallest absolute Gasteiger partial charge is 0.304 e. The van der Waals surface area contributed by atoms with Crippen molar-refractivity contribution in [3.63, 3.8) is 0 Å². The summed E-state index contributed by atoms with van der Waals surface area (Å²) >= 11 is 0. The second kappa shape index (κ2) is 8.97. The minimum absolute atomic E-state index is 0.329. The van der Waals surface area contributed by atoms with E-state index in [4.69, 9.17) is 14.2 Å². The van der Waals surface area contributed by atoms with Crippen molar-refractivity contribution in [2.24, 2.45) is 0 Å². The summed E-state index contributed by atoms with van der Waals surface area (Å²) in [6, 6.07) is 0. The van der Waals surface area contributed by atoms with Crippen LogP contribution in [-0.2, 0) is 19.0 Å². The van der Waals surface area contributed by atoms with E-state index in [1.807, 2.05) is 0 Å². The second-order valence-electron chi connectivity index (χ2n) is 3.01. The van der Waals surface area contributed by atoms with Crippen molar-refractivity contribution < 1.29 is 19.0 Å². The molecule has 4 nitrogen and oxygen atoms in total. The number of carbonyl (C=O) groups is 1. The molecule has 0 amide bonds. The normalized spacial score (nSPS) is 12.5. The number of unbranched alkanes of at least 4 members (excludes halogenated alkanes) is 1. The van der Waals surface area contributed by atoms with Crippen molar-refractivity contribution >= 4 is 5.97 Å². The summed E-state index contributed by atoms with van der Waals surface area (Å²) < 4.78 is 15.2. The Morgan fingerprint density at radius 2 is 2.00 bits per heavy atom. The molecule has 0 rings (SSSR count). The molecular weight excluding hydrogens is 184 g/mol. The second-order valence-corrected chi connectivity index (χ2v) is 3.01. The van der Waals surface area contributed by atoms with E-state index in [0.717, 1.165) is 19.4 Å². The lowest BCUT2D eigenvalue weighted by Crippen LogP contribution is -2.18. The molecule has 0 aromatic heterocycles. The average molecular weight is 204 g/mol. The molecule has 0 aliphatic rings.